The van der Waals surface area contributed by atoms with E-state index in [2.05, 4.69) is 40.1 Å². The van der Waals surface area contributed by atoms with Crippen molar-refractivity contribution in [3.05, 3.63) is 35.9 Å². The first-order valence-corrected chi connectivity index (χ1v) is 8.90. The number of rotatable bonds is 5. The summed E-state index contributed by atoms with van der Waals surface area (Å²) in [6.07, 6.45) is 3.97. The Balaban J connectivity index is 1.58. The summed E-state index contributed by atoms with van der Waals surface area (Å²) in [6, 6.07) is 12.7. The molecule has 22 heavy (non-hydrogen) atoms. The summed E-state index contributed by atoms with van der Waals surface area (Å²) in [5.41, 5.74) is 1.54. The van der Waals surface area contributed by atoms with Crippen molar-refractivity contribution >= 4 is 0 Å². The fourth-order valence-electron chi connectivity index (χ4n) is 5.20. The molecule has 3 nitrogen and oxygen atoms in total. The standard InChI is InChI=1S/C19H28N2O/c1-22-13-5-10-21-14-17(15-6-3-2-4-7-15)19-18(21)16-8-11-20(19)12-9-16/h2-4,6-7,16-19H,5,8-14H2,1H3/t17-,18+,19+/m0/s1. The fraction of sp³-hybridized carbons (Fsp3) is 0.684. The van der Waals surface area contributed by atoms with Crippen molar-refractivity contribution in [2.45, 2.75) is 37.3 Å². The van der Waals surface area contributed by atoms with Gasteiger partial charge in [-0.25, -0.2) is 0 Å². The van der Waals surface area contributed by atoms with Crippen LogP contribution in [0.4, 0.5) is 0 Å². The lowest BCUT2D eigenvalue weighted by Crippen LogP contribution is -2.60. The third-order valence-electron chi connectivity index (χ3n) is 6.12. The van der Waals surface area contributed by atoms with Gasteiger partial charge in [-0.3, -0.25) is 9.80 Å². The fourth-order valence-corrected chi connectivity index (χ4v) is 5.20. The van der Waals surface area contributed by atoms with Crippen molar-refractivity contribution in [2.75, 3.05) is 39.9 Å². The molecule has 3 heteroatoms. The summed E-state index contributed by atoms with van der Waals surface area (Å²) in [4.78, 5) is 5.58. The number of ether oxygens (including phenoxy) is 1. The van der Waals surface area contributed by atoms with E-state index < -0.39 is 0 Å². The Bertz CT molecular complexity index is 483. The van der Waals surface area contributed by atoms with Gasteiger partial charge in [0, 0.05) is 44.8 Å². The molecule has 5 rings (SSSR count). The molecule has 1 aromatic rings. The summed E-state index contributed by atoms with van der Waals surface area (Å²) in [6.45, 7) is 5.96. The van der Waals surface area contributed by atoms with E-state index >= 15 is 0 Å². The smallest absolute Gasteiger partial charge is 0.0474 e. The number of hydrogen-bond acceptors (Lipinski definition) is 3. The molecule has 2 bridgehead atoms. The van der Waals surface area contributed by atoms with Crippen LogP contribution in [0.5, 0.6) is 0 Å². The van der Waals surface area contributed by atoms with Gasteiger partial charge in [-0.15, -0.1) is 0 Å². The van der Waals surface area contributed by atoms with Gasteiger partial charge < -0.3 is 4.74 Å². The Morgan fingerprint density at radius 3 is 2.59 bits per heavy atom. The molecule has 0 amide bonds. The number of hydrogen-bond donors (Lipinski definition) is 0. The van der Waals surface area contributed by atoms with E-state index in [9.17, 15) is 0 Å². The predicted molar refractivity (Wildman–Crippen MR) is 89.1 cm³/mol. The highest BCUT2D eigenvalue weighted by Crippen LogP contribution is 2.46. The number of likely N-dealkylation sites (tertiary alicyclic amines) is 1. The topological polar surface area (TPSA) is 15.7 Å². The lowest BCUT2D eigenvalue weighted by atomic mass is 9.75. The molecule has 1 aromatic carbocycles. The number of methoxy groups -OCH3 is 1. The molecule has 0 N–H and O–H groups in total. The van der Waals surface area contributed by atoms with Gasteiger partial charge in [-0.1, -0.05) is 30.3 Å². The van der Waals surface area contributed by atoms with Gasteiger partial charge in [-0.05, 0) is 43.8 Å². The molecule has 0 spiro atoms. The van der Waals surface area contributed by atoms with E-state index in [1.54, 1.807) is 5.56 Å². The molecule has 120 valence electrons. The molecule has 4 heterocycles. The summed E-state index contributed by atoms with van der Waals surface area (Å²) in [5.74, 6) is 1.61. The number of piperidine rings is 3. The first kappa shape index (κ1) is 14.7. The van der Waals surface area contributed by atoms with Crippen LogP contribution in [0.15, 0.2) is 30.3 Å². The SMILES string of the molecule is COCCCN1C[C@@H](c2ccccc2)[C@@H]2[C@H]1C1CCN2CC1. The van der Waals surface area contributed by atoms with E-state index in [1.165, 1.54) is 39.0 Å². The van der Waals surface area contributed by atoms with E-state index in [-0.39, 0.29) is 0 Å². The Morgan fingerprint density at radius 1 is 1.09 bits per heavy atom. The second kappa shape index (κ2) is 6.31. The van der Waals surface area contributed by atoms with Crippen LogP contribution in [0, 0.1) is 5.92 Å². The van der Waals surface area contributed by atoms with Crippen LogP contribution < -0.4 is 0 Å². The molecular weight excluding hydrogens is 272 g/mol. The maximum Gasteiger partial charge on any atom is 0.0474 e. The average Bonchev–Trinajstić information content (AvgIpc) is 2.99. The van der Waals surface area contributed by atoms with Crippen LogP contribution in [-0.4, -0.2) is 61.8 Å². The minimum atomic E-state index is 0.692. The quantitative estimate of drug-likeness (QED) is 0.777. The Labute approximate surface area is 134 Å². The van der Waals surface area contributed by atoms with Crippen molar-refractivity contribution in [1.82, 2.24) is 9.80 Å². The van der Waals surface area contributed by atoms with Gasteiger partial charge in [0.1, 0.15) is 0 Å². The van der Waals surface area contributed by atoms with Crippen molar-refractivity contribution < 1.29 is 4.74 Å². The first-order valence-electron chi connectivity index (χ1n) is 8.90. The molecule has 0 saturated carbocycles. The number of benzene rings is 1. The second-order valence-corrected chi connectivity index (χ2v) is 7.21. The highest BCUT2D eigenvalue weighted by atomic mass is 16.5. The third kappa shape index (κ3) is 2.49. The maximum absolute atomic E-state index is 5.27. The number of nitrogens with zero attached hydrogens (tertiary/aromatic N) is 2. The zero-order valence-corrected chi connectivity index (χ0v) is 13.7. The van der Waals surface area contributed by atoms with E-state index in [4.69, 9.17) is 4.74 Å². The highest BCUT2D eigenvalue weighted by Gasteiger charge is 2.52. The zero-order valence-electron chi connectivity index (χ0n) is 13.7. The highest BCUT2D eigenvalue weighted by molar-refractivity contribution is 5.27. The van der Waals surface area contributed by atoms with Crippen molar-refractivity contribution in [2.24, 2.45) is 5.92 Å². The number of fused-ring (bicyclic) bond motifs is 2. The van der Waals surface area contributed by atoms with Gasteiger partial charge in [0.2, 0.25) is 0 Å². The zero-order chi connectivity index (χ0) is 14.9. The monoisotopic (exact) mass is 300 g/mol. The molecular formula is C19H28N2O. The van der Waals surface area contributed by atoms with Gasteiger partial charge in [0.25, 0.3) is 0 Å². The third-order valence-corrected chi connectivity index (χ3v) is 6.12. The van der Waals surface area contributed by atoms with Crippen LogP contribution in [0.1, 0.15) is 30.7 Å². The van der Waals surface area contributed by atoms with E-state index in [1.807, 2.05) is 7.11 Å². The first-order chi connectivity index (χ1) is 10.9. The van der Waals surface area contributed by atoms with Crippen LogP contribution in [0.3, 0.4) is 0 Å². The predicted octanol–water partition coefficient (Wildman–Crippen LogP) is 2.59. The van der Waals surface area contributed by atoms with Crippen LogP contribution in [0.25, 0.3) is 0 Å². The van der Waals surface area contributed by atoms with Crippen LogP contribution in [-0.2, 0) is 4.74 Å². The molecule has 0 aliphatic carbocycles. The second-order valence-electron chi connectivity index (χ2n) is 7.21. The van der Waals surface area contributed by atoms with Gasteiger partial charge >= 0.3 is 0 Å². The lowest BCUT2D eigenvalue weighted by Gasteiger charge is -2.51. The molecule has 0 unspecified atom stereocenters. The van der Waals surface area contributed by atoms with E-state index in [0.29, 0.717) is 5.92 Å². The average molecular weight is 300 g/mol. The molecule has 4 saturated heterocycles. The summed E-state index contributed by atoms with van der Waals surface area (Å²) >= 11 is 0. The normalized spacial score (nSPS) is 37.4. The maximum atomic E-state index is 5.27. The largest absolute Gasteiger partial charge is 0.385 e. The van der Waals surface area contributed by atoms with Crippen molar-refractivity contribution in [3.63, 3.8) is 0 Å². The van der Waals surface area contributed by atoms with Gasteiger partial charge in [0.15, 0.2) is 0 Å². The Hall–Kier alpha value is -0.900. The molecule has 4 aliphatic rings. The molecule has 0 aromatic heterocycles. The molecule has 3 atom stereocenters. The molecule has 0 radical (unpaired) electrons. The molecule has 4 aliphatic heterocycles. The Kier molecular flexibility index (Phi) is 4.21. The molecule has 4 fully saturated rings. The summed E-state index contributed by atoms with van der Waals surface area (Å²) in [7, 11) is 1.81. The van der Waals surface area contributed by atoms with Crippen LogP contribution in [0.2, 0.25) is 0 Å². The van der Waals surface area contributed by atoms with Gasteiger partial charge in [0.05, 0.1) is 0 Å². The van der Waals surface area contributed by atoms with Gasteiger partial charge in [-0.2, -0.15) is 0 Å². The minimum absolute atomic E-state index is 0.692. The lowest BCUT2D eigenvalue weighted by molar-refractivity contribution is -0.00803. The van der Waals surface area contributed by atoms with Crippen LogP contribution >= 0.6 is 0 Å². The Morgan fingerprint density at radius 2 is 1.86 bits per heavy atom. The van der Waals surface area contributed by atoms with Crippen molar-refractivity contribution in [3.8, 4) is 0 Å². The van der Waals surface area contributed by atoms with Crippen molar-refractivity contribution in [1.29, 1.82) is 0 Å². The summed E-state index contributed by atoms with van der Waals surface area (Å²) in [5, 5.41) is 0. The summed E-state index contributed by atoms with van der Waals surface area (Å²) < 4.78 is 5.27. The van der Waals surface area contributed by atoms with E-state index in [0.717, 1.165) is 31.0 Å². The minimum Gasteiger partial charge on any atom is -0.385 e.